The molecule has 0 saturated heterocycles. The third-order valence-corrected chi connectivity index (χ3v) is 5.92. The van der Waals surface area contributed by atoms with Gasteiger partial charge in [0, 0.05) is 35.6 Å². The van der Waals surface area contributed by atoms with Crippen LogP contribution in [-0.2, 0) is 15.1 Å². The Kier molecular flexibility index (Phi) is 7.80. The molecule has 2 aromatic carbocycles. The fourth-order valence-electron chi connectivity index (χ4n) is 3.87. The molecule has 8 nitrogen and oxygen atoms in total. The van der Waals surface area contributed by atoms with Crippen LogP contribution in [0.5, 0.6) is 11.5 Å². The SMILES string of the molecule is CCOC(=O)COc1ccc2c(c1)C(=NNC(=S)Nc1ccccc1C)CC(C)(c1cccnc1)O2. The molecule has 0 saturated carbocycles. The van der Waals surface area contributed by atoms with Crippen LogP contribution in [0.25, 0.3) is 0 Å². The van der Waals surface area contributed by atoms with Crippen molar-refractivity contribution in [2.45, 2.75) is 32.8 Å². The number of carbonyl (C=O) groups excluding carboxylic acids is 1. The number of benzene rings is 2. The fraction of sp³-hybridized carbons (Fsp3) is 0.259. The lowest BCUT2D eigenvalue weighted by Gasteiger charge is -2.36. The Morgan fingerprint density at radius 2 is 2.06 bits per heavy atom. The summed E-state index contributed by atoms with van der Waals surface area (Å²) < 4.78 is 17.0. The normalized spacial score (nSPS) is 17.5. The average Bonchev–Trinajstić information content (AvgIpc) is 2.88. The average molecular weight is 505 g/mol. The molecule has 1 aromatic heterocycles. The van der Waals surface area contributed by atoms with Crippen LogP contribution in [0.3, 0.4) is 0 Å². The summed E-state index contributed by atoms with van der Waals surface area (Å²) in [4.78, 5) is 16.0. The van der Waals surface area contributed by atoms with E-state index < -0.39 is 11.6 Å². The zero-order valence-electron chi connectivity index (χ0n) is 20.4. The first-order chi connectivity index (χ1) is 17.4. The van der Waals surface area contributed by atoms with Gasteiger partial charge in [-0.1, -0.05) is 24.3 Å². The maximum atomic E-state index is 11.7. The van der Waals surface area contributed by atoms with Crippen molar-refractivity contribution in [2.24, 2.45) is 5.10 Å². The molecule has 2 heterocycles. The molecular formula is C27H28N4O4S. The molecule has 1 aliphatic rings. The van der Waals surface area contributed by atoms with Gasteiger partial charge in [0.15, 0.2) is 11.7 Å². The number of aromatic nitrogens is 1. The molecule has 0 amide bonds. The van der Waals surface area contributed by atoms with Gasteiger partial charge in [0.2, 0.25) is 0 Å². The minimum absolute atomic E-state index is 0.184. The van der Waals surface area contributed by atoms with E-state index in [1.807, 2.05) is 56.3 Å². The van der Waals surface area contributed by atoms with E-state index in [4.69, 9.17) is 26.4 Å². The molecule has 0 aliphatic carbocycles. The van der Waals surface area contributed by atoms with Gasteiger partial charge in [-0.05, 0) is 68.9 Å². The first kappa shape index (κ1) is 25.1. The molecule has 0 spiro atoms. The van der Waals surface area contributed by atoms with Gasteiger partial charge in [0.1, 0.15) is 17.1 Å². The van der Waals surface area contributed by atoms with Crippen LogP contribution in [0.15, 0.2) is 72.1 Å². The number of nitrogens with one attached hydrogen (secondary N) is 2. The number of fused-ring (bicyclic) bond motifs is 1. The number of anilines is 1. The molecule has 1 atom stereocenters. The molecule has 1 aliphatic heterocycles. The Morgan fingerprint density at radius 3 is 2.81 bits per heavy atom. The van der Waals surface area contributed by atoms with Crippen molar-refractivity contribution in [2.75, 3.05) is 18.5 Å². The summed E-state index contributed by atoms with van der Waals surface area (Å²) >= 11 is 5.49. The molecule has 4 rings (SSSR count). The Bertz CT molecular complexity index is 1280. The quantitative estimate of drug-likeness (QED) is 0.271. The standard InChI is InChI=1S/C27H28N4O4S/c1-4-33-25(32)17-34-20-11-12-24-21(14-20)23(15-27(3,35-24)19-9-7-13-28-16-19)30-31-26(36)29-22-10-6-5-8-18(22)2/h5-14,16H,4,15,17H2,1-3H3,(H2,29,31,36). The van der Waals surface area contributed by atoms with Gasteiger partial charge in [-0.3, -0.25) is 10.4 Å². The number of para-hydroxylation sites is 1. The molecule has 2 N–H and O–H groups in total. The third-order valence-electron chi connectivity index (χ3n) is 5.72. The van der Waals surface area contributed by atoms with E-state index in [2.05, 4.69) is 20.8 Å². The highest BCUT2D eigenvalue weighted by atomic mass is 32.1. The zero-order chi connectivity index (χ0) is 25.5. The molecule has 36 heavy (non-hydrogen) atoms. The molecular weight excluding hydrogens is 476 g/mol. The second-order valence-electron chi connectivity index (χ2n) is 8.44. The number of rotatable bonds is 7. The monoisotopic (exact) mass is 504 g/mol. The highest BCUT2D eigenvalue weighted by molar-refractivity contribution is 7.80. The van der Waals surface area contributed by atoms with E-state index in [1.165, 1.54) is 0 Å². The number of thiocarbonyl (C=S) groups is 1. The summed E-state index contributed by atoms with van der Waals surface area (Å²) in [7, 11) is 0. The van der Waals surface area contributed by atoms with Crippen LogP contribution in [0.1, 0.15) is 37.0 Å². The number of hydrogen-bond donors (Lipinski definition) is 2. The molecule has 1 unspecified atom stereocenters. The Balaban J connectivity index is 1.61. The Hall–Kier alpha value is -3.98. The van der Waals surface area contributed by atoms with Crippen LogP contribution in [0.4, 0.5) is 5.69 Å². The lowest BCUT2D eigenvalue weighted by atomic mass is 9.86. The summed E-state index contributed by atoms with van der Waals surface area (Å²) in [6, 6.07) is 17.1. The van der Waals surface area contributed by atoms with E-state index in [0.717, 1.165) is 28.1 Å². The zero-order valence-corrected chi connectivity index (χ0v) is 21.2. The first-order valence-corrected chi connectivity index (χ1v) is 12.0. The van der Waals surface area contributed by atoms with Crippen molar-refractivity contribution in [3.8, 4) is 11.5 Å². The number of aryl methyl sites for hydroxylation is 1. The predicted molar refractivity (Wildman–Crippen MR) is 142 cm³/mol. The Labute approximate surface area is 215 Å². The van der Waals surface area contributed by atoms with Gasteiger partial charge in [-0.25, -0.2) is 4.79 Å². The molecule has 9 heteroatoms. The lowest BCUT2D eigenvalue weighted by molar-refractivity contribution is -0.145. The molecule has 186 valence electrons. The van der Waals surface area contributed by atoms with Crippen LogP contribution in [0, 0.1) is 6.92 Å². The summed E-state index contributed by atoms with van der Waals surface area (Å²) in [5.41, 5.74) is 6.62. The van der Waals surface area contributed by atoms with E-state index in [9.17, 15) is 4.79 Å². The predicted octanol–water partition coefficient (Wildman–Crippen LogP) is 4.72. The van der Waals surface area contributed by atoms with Gasteiger partial charge >= 0.3 is 5.97 Å². The van der Waals surface area contributed by atoms with Crippen molar-refractivity contribution in [3.05, 3.63) is 83.7 Å². The van der Waals surface area contributed by atoms with E-state index in [1.54, 1.807) is 31.5 Å². The van der Waals surface area contributed by atoms with Crippen molar-refractivity contribution < 1.29 is 19.0 Å². The lowest BCUT2D eigenvalue weighted by Crippen LogP contribution is -2.38. The summed E-state index contributed by atoms with van der Waals surface area (Å²) in [5.74, 6) is 0.705. The number of carbonyl (C=O) groups is 1. The van der Waals surface area contributed by atoms with Crippen molar-refractivity contribution >= 4 is 34.7 Å². The smallest absolute Gasteiger partial charge is 0.344 e. The number of hydrogen-bond acceptors (Lipinski definition) is 7. The second kappa shape index (κ2) is 11.2. The van der Waals surface area contributed by atoms with Crippen LogP contribution < -0.4 is 20.2 Å². The van der Waals surface area contributed by atoms with Gasteiger partial charge in [-0.2, -0.15) is 5.10 Å². The third kappa shape index (κ3) is 5.98. The van der Waals surface area contributed by atoms with Gasteiger partial charge in [0.05, 0.1) is 12.3 Å². The van der Waals surface area contributed by atoms with E-state index in [-0.39, 0.29) is 6.61 Å². The molecule has 0 fully saturated rings. The van der Waals surface area contributed by atoms with Crippen LogP contribution >= 0.6 is 12.2 Å². The summed E-state index contributed by atoms with van der Waals surface area (Å²) in [6.45, 7) is 5.86. The highest BCUT2D eigenvalue weighted by Gasteiger charge is 2.37. The highest BCUT2D eigenvalue weighted by Crippen LogP contribution is 2.40. The Morgan fingerprint density at radius 1 is 1.22 bits per heavy atom. The molecule has 0 bridgehead atoms. The van der Waals surface area contributed by atoms with Crippen molar-refractivity contribution in [1.29, 1.82) is 0 Å². The number of hydrazone groups is 1. The van der Waals surface area contributed by atoms with Gasteiger partial charge in [-0.15, -0.1) is 0 Å². The number of ether oxygens (including phenoxy) is 3. The van der Waals surface area contributed by atoms with E-state index >= 15 is 0 Å². The molecule has 3 aromatic rings. The number of esters is 1. The summed E-state index contributed by atoms with van der Waals surface area (Å²) in [6.07, 6.45) is 3.97. The number of pyridine rings is 1. The van der Waals surface area contributed by atoms with Crippen molar-refractivity contribution in [3.63, 3.8) is 0 Å². The second-order valence-corrected chi connectivity index (χ2v) is 8.85. The van der Waals surface area contributed by atoms with Crippen LogP contribution in [-0.4, -0.2) is 35.0 Å². The number of nitrogens with zero attached hydrogens (tertiary/aromatic N) is 2. The maximum Gasteiger partial charge on any atom is 0.344 e. The van der Waals surface area contributed by atoms with Crippen molar-refractivity contribution in [1.82, 2.24) is 10.4 Å². The first-order valence-electron chi connectivity index (χ1n) is 11.6. The topological polar surface area (TPSA) is 94.1 Å². The minimum atomic E-state index is -0.694. The summed E-state index contributed by atoms with van der Waals surface area (Å²) in [5, 5.41) is 8.19. The van der Waals surface area contributed by atoms with Gasteiger partial charge < -0.3 is 19.5 Å². The maximum absolute atomic E-state index is 11.7. The van der Waals surface area contributed by atoms with Gasteiger partial charge in [0.25, 0.3) is 0 Å². The molecule has 0 radical (unpaired) electrons. The largest absolute Gasteiger partial charge is 0.482 e. The minimum Gasteiger partial charge on any atom is -0.482 e. The van der Waals surface area contributed by atoms with Crippen LogP contribution in [0.2, 0.25) is 0 Å². The van der Waals surface area contributed by atoms with E-state index in [0.29, 0.717) is 29.6 Å². The fourth-order valence-corrected chi connectivity index (χ4v) is 4.03.